The Kier molecular flexibility index (Phi) is 8.52. The number of nitrogens with one attached hydrogen (secondary N) is 1. The second-order valence-corrected chi connectivity index (χ2v) is 3.65. The van der Waals surface area contributed by atoms with Crippen LogP contribution in [0.15, 0.2) is 0 Å². The van der Waals surface area contributed by atoms with E-state index >= 15 is 0 Å². The van der Waals surface area contributed by atoms with Crippen molar-refractivity contribution in [2.75, 3.05) is 13.2 Å². The largest absolute Gasteiger partial charge is 0.480 e. The van der Waals surface area contributed by atoms with Crippen LogP contribution in [0.4, 0.5) is 0 Å². The van der Waals surface area contributed by atoms with E-state index in [1.807, 2.05) is 13.8 Å². The molecule has 5 nitrogen and oxygen atoms in total. The van der Waals surface area contributed by atoms with Gasteiger partial charge in [-0.15, -0.1) is 0 Å². The smallest absolute Gasteiger partial charge is 0.326 e. The maximum atomic E-state index is 11.3. The van der Waals surface area contributed by atoms with Crippen molar-refractivity contribution < 1.29 is 19.4 Å². The van der Waals surface area contributed by atoms with Crippen LogP contribution in [-0.4, -0.2) is 36.2 Å². The zero-order valence-corrected chi connectivity index (χ0v) is 9.99. The molecule has 2 N–H and O–H groups in total. The van der Waals surface area contributed by atoms with Gasteiger partial charge in [0.05, 0.1) is 0 Å². The minimum Gasteiger partial charge on any atom is -0.480 e. The Hall–Kier alpha value is -1.10. The molecule has 1 amide bonds. The highest BCUT2D eigenvalue weighted by atomic mass is 16.5. The Balaban J connectivity index is 3.88. The number of hydrogen-bond donors (Lipinski definition) is 2. The van der Waals surface area contributed by atoms with Gasteiger partial charge in [-0.25, -0.2) is 4.79 Å². The van der Waals surface area contributed by atoms with Gasteiger partial charge in [-0.3, -0.25) is 4.79 Å². The number of amides is 1. The van der Waals surface area contributed by atoms with E-state index in [4.69, 9.17) is 9.84 Å². The second kappa shape index (κ2) is 9.15. The zero-order chi connectivity index (χ0) is 12.4. The predicted octanol–water partition coefficient (Wildman–Crippen LogP) is 1.17. The quantitative estimate of drug-likeness (QED) is 0.584. The molecule has 0 saturated heterocycles. The van der Waals surface area contributed by atoms with Gasteiger partial charge in [0.15, 0.2) is 0 Å². The van der Waals surface area contributed by atoms with Crippen molar-refractivity contribution >= 4 is 11.9 Å². The molecule has 5 heteroatoms. The molecule has 0 aromatic heterocycles. The SMILES string of the molecule is CCCC[C@H](NC(=O)COCCC)C(=O)O. The zero-order valence-electron chi connectivity index (χ0n) is 9.99. The van der Waals surface area contributed by atoms with Crippen LogP contribution in [0.5, 0.6) is 0 Å². The van der Waals surface area contributed by atoms with E-state index in [1.54, 1.807) is 0 Å². The lowest BCUT2D eigenvalue weighted by molar-refractivity contribution is -0.142. The monoisotopic (exact) mass is 231 g/mol. The van der Waals surface area contributed by atoms with Crippen LogP contribution in [0.2, 0.25) is 0 Å². The van der Waals surface area contributed by atoms with Gasteiger partial charge in [0.25, 0.3) is 0 Å². The normalized spacial score (nSPS) is 12.1. The van der Waals surface area contributed by atoms with Crippen molar-refractivity contribution in [1.82, 2.24) is 5.32 Å². The summed E-state index contributed by atoms with van der Waals surface area (Å²) >= 11 is 0. The Bertz CT molecular complexity index is 218. The standard InChI is InChI=1S/C11H21NO4/c1-3-5-6-9(11(14)15)12-10(13)8-16-7-4-2/h9H,3-8H2,1-2H3,(H,12,13)(H,14,15)/t9-/m0/s1. The highest BCUT2D eigenvalue weighted by molar-refractivity contribution is 5.84. The van der Waals surface area contributed by atoms with E-state index in [-0.39, 0.29) is 12.5 Å². The van der Waals surface area contributed by atoms with E-state index in [0.29, 0.717) is 13.0 Å². The number of carboxylic acid groups (broad SMARTS) is 1. The predicted molar refractivity (Wildman–Crippen MR) is 60.2 cm³/mol. The molecular weight excluding hydrogens is 210 g/mol. The number of carboxylic acids is 1. The fourth-order valence-electron chi connectivity index (χ4n) is 1.21. The Morgan fingerprint density at radius 1 is 1.31 bits per heavy atom. The van der Waals surface area contributed by atoms with Gasteiger partial charge in [0.1, 0.15) is 12.6 Å². The van der Waals surface area contributed by atoms with Crippen LogP contribution in [0, 0.1) is 0 Å². The van der Waals surface area contributed by atoms with Crippen LogP contribution in [0.1, 0.15) is 39.5 Å². The molecule has 1 atom stereocenters. The molecule has 0 heterocycles. The minimum atomic E-state index is -0.989. The first kappa shape index (κ1) is 14.9. The molecule has 0 aliphatic heterocycles. The lowest BCUT2D eigenvalue weighted by Gasteiger charge is -2.13. The molecule has 94 valence electrons. The highest BCUT2D eigenvalue weighted by Gasteiger charge is 2.18. The number of ether oxygens (including phenoxy) is 1. The summed E-state index contributed by atoms with van der Waals surface area (Å²) in [5.74, 6) is -1.35. The van der Waals surface area contributed by atoms with Crippen molar-refractivity contribution in [3.63, 3.8) is 0 Å². The molecule has 0 saturated carbocycles. The molecule has 0 aliphatic rings. The molecule has 0 aromatic rings. The molecule has 16 heavy (non-hydrogen) atoms. The lowest BCUT2D eigenvalue weighted by atomic mass is 10.1. The minimum absolute atomic E-state index is 0.0657. The number of unbranched alkanes of at least 4 members (excludes halogenated alkanes) is 1. The number of hydrogen-bond acceptors (Lipinski definition) is 3. The first-order valence-corrected chi connectivity index (χ1v) is 5.71. The Morgan fingerprint density at radius 3 is 2.50 bits per heavy atom. The maximum Gasteiger partial charge on any atom is 0.326 e. The van der Waals surface area contributed by atoms with Crippen molar-refractivity contribution in [2.45, 2.75) is 45.6 Å². The van der Waals surface area contributed by atoms with Crippen molar-refractivity contribution in [1.29, 1.82) is 0 Å². The summed E-state index contributed by atoms with van der Waals surface area (Å²) in [5.41, 5.74) is 0. The van der Waals surface area contributed by atoms with E-state index in [9.17, 15) is 9.59 Å². The summed E-state index contributed by atoms with van der Waals surface area (Å²) in [6, 6.07) is -0.794. The molecule has 0 unspecified atom stereocenters. The van der Waals surface area contributed by atoms with Gasteiger partial charge in [-0.05, 0) is 12.8 Å². The van der Waals surface area contributed by atoms with Crippen LogP contribution in [-0.2, 0) is 14.3 Å². The average Bonchev–Trinajstić information content (AvgIpc) is 2.24. The van der Waals surface area contributed by atoms with Gasteiger partial charge in [0, 0.05) is 6.61 Å². The fraction of sp³-hybridized carbons (Fsp3) is 0.818. The molecule has 0 spiro atoms. The second-order valence-electron chi connectivity index (χ2n) is 3.65. The Morgan fingerprint density at radius 2 is 2.00 bits per heavy atom. The molecule has 0 rings (SSSR count). The summed E-state index contributed by atoms with van der Waals surface area (Å²) in [7, 11) is 0. The number of carbonyl (C=O) groups excluding carboxylic acids is 1. The van der Waals surface area contributed by atoms with E-state index < -0.39 is 12.0 Å². The van der Waals surface area contributed by atoms with Crippen LogP contribution >= 0.6 is 0 Å². The fourth-order valence-corrected chi connectivity index (χ4v) is 1.21. The molecule has 0 aliphatic carbocycles. The third-order valence-electron chi connectivity index (χ3n) is 2.06. The summed E-state index contributed by atoms with van der Waals surface area (Å²) in [6.07, 6.45) is 3.00. The first-order valence-electron chi connectivity index (χ1n) is 5.71. The van der Waals surface area contributed by atoms with Gasteiger partial charge in [0.2, 0.25) is 5.91 Å². The Labute approximate surface area is 96.2 Å². The third-order valence-corrected chi connectivity index (χ3v) is 2.06. The van der Waals surface area contributed by atoms with E-state index in [0.717, 1.165) is 19.3 Å². The molecular formula is C11H21NO4. The number of rotatable bonds is 9. The van der Waals surface area contributed by atoms with E-state index in [1.165, 1.54) is 0 Å². The summed E-state index contributed by atoms with van der Waals surface area (Å²) < 4.78 is 5.02. The number of carbonyl (C=O) groups is 2. The van der Waals surface area contributed by atoms with Gasteiger partial charge >= 0.3 is 5.97 Å². The molecule has 0 aromatic carbocycles. The van der Waals surface area contributed by atoms with Crippen molar-refractivity contribution in [3.05, 3.63) is 0 Å². The lowest BCUT2D eigenvalue weighted by Crippen LogP contribution is -2.42. The first-order chi connectivity index (χ1) is 7.61. The summed E-state index contributed by atoms with van der Waals surface area (Å²) in [6.45, 7) is 4.37. The maximum absolute atomic E-state index is 11.3. The molecule has 0 fully saturated rings. The van der Waals surface area contributed by atoms with Gasteiger partial charge in [-0.2, -0.15) is 0 Å². The molecule has 0 radical (unpaired) electrons. The topological polar surface area (TPSA) is 75.6 Å². The number of aliphatic carboxylic acids is 1. The van der Waals surface area contributed by atoms with Gasteiger partial charge in [-0.1, -0.05) is 26.7 Å². The van der Waals surface area contributed by atoms with Crippen LogP contribution in [0.3, 0.4) is 0 Å². The highest BCUT2D eigenvalue weighted by Crippen LogP contribution is 2.00. The third kappa shape index (κ3) is 7.23. The summed E-state index contributed by atoms with van der Waals surface area (Å²) in [4.78, 5) is 22.1. The van der Waals surface area contributed by atoms with Crippen LogP contribution < -0.4 is 5.32 Å². The van der Waals surface area contributed by atoms with Gasteiger partial charge < -0.3 is 15.2 Å². The van der Waals surface area contributed by atoms with Crippen LogP contribution in [0.25, 0.3) is 0 Å². The molecule has 0 bridgehead atoms. The average molecular weight is 231 g/mol. The van der Waals surface area contributed by atoms with Crippen molar-refractivity contribution in [3.8, 4) is 0 Å². The van der Waals surface area contributed by atoms with Crippen molar-refractivity contribution in [2.24, 2.45) is 0 Å². The van der Waals surface area contributed by atoms with E-state index in [2.05, 4.69) is 5.32 Å². The summed E-state index contributed by atoms with van der Waals surface area (Å²) in [5, 5.41) is 11.3.